The van der Waals surface area contributed by atoms with Crippen LogP contribution in [0.2, 0.25) is 0 Å². The topological polar surface area (TPSA) is 92.4 Å². The molecule has 0 fully saturated rings. The molecule has 1 aromatic carbocycles. The molecule has 114 valence electrons. The van der Waals surface area contributed by atoms with Crippen molar-refractivity contribution in [2.24, 2.45) is 0 Å². The van der Waals surface area contributed by atoms with Crippen LogP contribution < -0.4 is 5.32 Å². The molecule has 1 atom stereocenters. The number of nitrogens with zero attached hydrogens (tertiary/aromatic N) is 1. The highest BCUT2D eigenvalue weighted by atomic mass is 16.5. The average Bonchev–Trinajstić information content (AvgIpc) is 3.01. The number of aromatic nitrogens is 1. The van der Waals surface area contributed by atoms with E-state index in [0.717, 1.165) is 5.56 Å². The molecule has 2 N–H and O–H groups in total. The van der Waals surface area contributed by atoms with Gasteiger partial charge in [-0.1, -0.05) is 29.4 Å². The van der Waals surface area contributed by atoms with Gasteiger partial charge in [-0.25, -0.2) is 4.79 Å². The Balaban J connectivity index is 2.02. The van der Waals surface area contributed by atoms with E-state index in [-0.39, 0.29) is 0 Å². The van der Waals surface area contributed by atoms with Crippen LogP contribution in [0, 0.1) is 13.8 Å². The standard InChI is InChI=1S/C16H16N2O4/c1-9-13(10(2)22-18-9)14(19)17-16(15(20)21)8-7-11-5-3-4-6-12(11)16/h3-6H,7-8H2,1-2H3,(H,17,19)(H,20,21). The maximum Gasteiger partial charge on any atom is 0.334 e. The molecule has 0 saturated heterocycles. The summed E-state index contributed by atoms with van der Waals surface area (Å²) in [6.45, 7) is 3.28. The van der Waals surface area contributed by atoms with Crippen molar-refractivity contribution in [2.45, 2.75) is 32.2 Å². The zero-order chi connectivity index (χ0) is 15.9. The monoisotopic (exact) mass is 300 g/mol. The minimum absolute atomic E-state index is 0.296. The summed E-state index contributed by atoms with van der Waals surface area (Å²) in [6.07, 6.45) is 0.946. The van der Waals surface area contributed by atoms with Gasteiger partial charge in [0.1, 0.15) is 11.3 Å². The van der Waals surface area contributed by atoms with E-state index >= 15 is 0 Å². The Morgan fingerprint density at radius 3 is 2.68 bits per heavy atom. The fourth-order valence-corrected chi connectivity index (χ4v) is 3.08. The number of hydrogen-bond donors (Lipinski definition) is 2. The van der Waals surface area contributed by atoms with Crippen LogP contribution >= 0.6 is 0 Å². The number of carboxylic acids is 1. The predicted molar refractivity (Wildman–Crippen MR) is 77.5 cm³/mol. The second-order valence-corrected chi connectivity index (χ2v) is 5.52. The van der Waals surface area contributed by atoms with Crippen molar-refractivity contribution in [3.8, 4) is 0 Å². The van der Waals surface area contributed by atoms with Crippen LogP contribution in [0.5, 0.6) is 0 Å². The summed E-state index contributed by atoms with van der Waals surface area (Å²) in [4.78, 5) is 24.5. The summed E-state index contributed by atoms with van der Waals surface area (Å²) >= 11 is 0. The summed E-state index contributed by atoms with van der Waals surface area (Å²) in [7, 11) is 0. The molecule has 0 aliphatic heterocycles. The van der Waals surface area contributed by atoms with Crippen molar-refractivity contribution in [1.82, 2.24) is 10.5 Å². The second-order valence-electron chi connectivity index (χ2n) is 5.52. The van der Waals surface area contributed by atoms with Crippen LogP contribution in [0.3, 0.4) is 0 Å². The van der Waals surface area contributed by atoms with Crippen LogP contribution in [0.15, 0.2) is 28.8 Å². The van der Waals surface area contributed by atoms with Crippen LogP contribution in [-0.2, 0) is 16.8 Å². The number of rotatable bonds is 3. The first-order valence-corrected chi connectivity index (χ1v) is 7.03. The van der Waals surface area contributed by atoms with Gasteiger partial charge < -0.3 is 14.9 Å². The Bertz CT molecular complexity index is 746. The summed E-state index contributed by atoms with van der Waals surface area (Å²) in [5.41, 5.74) is 0.933. The minimum Gasteiger partial charge on any atom is -0.479 e. The van der Waals surface area contributed by atoms with E-state index < -0.39 is 17.4 Å². The third-order valence-corrected chi connectivity index (χ3v) is 4.20. The number of nitrogens with one attached hydrogen (secondary N) is 1. The van der Waals surface area contributed by atoms with Crippen molar-refractivity contribution in [3.05, 3.63) is 52.4 Å². The summed E-state index contributed by atoms with van der Waals surface area (Å²) in [5.74, 6) is -1.16. The quantitative estimate of drug-likeness (QED) is 0.903. The number of amides is 1. The van der Waals surface area contributed by atoms with E-state index in [1.54, 1.807) is 26.0 Å². The van der Waals surface area contributed by atoms with Gasteiger partial charge in [0.15, 0.2) is 5.54 Å². The normalized spacial score (nSPS) is 19.7. The van der Waals surface area contributed by atoms with E-state index in [9.17, 15) is 14.7 Å². The number of carbonyl (C=O) groups excluding carboxylic acids is 1. The smallest absolute Gasteiger partial charge is 0.334 e. The summed E-state index contributed by atoms with van der Waals surface area (Å²) in [5, 5.41) is 16.2. The molecule has 6 nitrogen and oxygen atoms in total. The molecule has 3 rings (SSSR count). The highest BCUT2D eigenvalue weighted by Gasteiger charge is 2.47. The number of carbonyl (C=O) groups is 2. The number of fused-ring (bicyclic) bond motifs is 1. The van der Waals surface area contributed by atoms with Gasteiger partial charge in [0.05, 0.1) is 5.69 Å². The lowest BCUT2D eigenvalue weighted by Gasteiger charge is -2.27. The second kappa shape index (κ2) is 4.98. The Hall–Kier alpha value is -2.63. The zero-order valence-electron chi connectivity index (χ0n) is 12.3. The molecule has 22 heavy (non-hydrogen) atoms. The van der Waals surface area contributed by atoms with Crippen molar-refractivity contribution >= 4 is 11.9 Å². The molecule has 0 saturated carbocycles. The number of aliphatic carboxylic acids is 1. The van der Waals surface area contributed by atoms with Crippen LogP contribution in [0.25, 0.3) is 0 Å². The largest absolute Gasteiger partial charge is 0.479 e. The fraction of sp³-hybridized carbons (Fsp3) is 0.312. The van der Waals surface area contributed by atoms with Crippen molar-refractivity contribution < 1.29 is 19.2 Å². The zero-order valence-corrected chi connectivity index (χ0v) is 12.3. The van der Waals surface area contributed by atoms with E-state index in [0.29, 0.717) is 35.4 Å². The molecular weight excluding hydrogens is 284 g/mol. The summed E-state index contributed by atoms with van der Waals surface area (Å²) in [6, 6.07) is 7.29. The molecule has 0 spiro atoms. The van der Waals surface area contributed by atoms with Gasteiger partial charge in [0.2, 0.25) is 0 Å². The Morgan fingerprint density at radius 2 is 2.05 bits per heavy atom. The number of benzene rings is 1. The van der Waals surface area contributed by atoms with Crippen LogP contribution in [0.4, 0.5) is 0 Å². The van der Waals surface area contributed by atoms with Gasteiger partial charge in [-0.2, -0.15) is 0 Å². The first kappa shape index (κ1) is 14.3. The highest BCUT2D eigenvalue weighted by molar-refractivity contribution is 6.00. The molecule has 1 unspecified atom stereocenters. The lowest BCUT2D eigenvalue weighted by atomic mass is 9.91. The highest BCUT2D eigenvalue weighted by Crippen LogP contribution is 2.37. The van der Waals surface area contributed by atoms with E-state index in [2.05, 4.69) is 10.5 Å². The minimum atomic E-state index is -1.40. The van der Waals surface area contributed by atoms with Crippen molar-refractivity contribution in [2.75, 3.05) is 0 Å². The average molecular weight is 300 g/mol. The first-order valence-electron chi connectivity index (χ1n) is 7.03. The van der Waals surface area contributed by atoms with Gasteiger partial charge >= 0.3 is 5.97 Å². The Labute approximate surface area is 127 Å². The molecule has 0 radical (unpaired) electrons. The molecule has 1 aromatic heterocycles. The van der Waals surface area contributed by atoms with Gasteiger partial charge in [-0.05, 0) is 37.8 Å². The lowest BCUT2D eigenvalue weighted by molar-refractivity contribution is -0.144. The van der Waals surface area contributed by atoms with Gasteiger partial charge in [-0.15, -0.1) is 0 Å². The first-order chi connectivity index (χ1) is 10.5. The number of aryl methyl sites for hydroxylation is 3. The number of carboxylic acid groups (broad SMARTS) is 1. The molecule has 2 aromatic rings. The van der Waals surface area contributed by atoms with Crippen molar-refractivity contribution in [3.63, 3.8) is 0 Å². The maximum atomic E-state index is 12.5. The molecule has 1 amide bonds. The van der Waals surface area contributed by atoms with E-state index in [1.807, 2.05) is 12.1 Å². The molecular formula is C16H16N2O4. The van der Waals surface area contributed by atoms with Gasteiger partial charge in [-0.3, -0.25) is 4.79 Å². The molecule has 1 aliphatic carbocycles. The summed E-state index contributed by atoms with van der Waals surface area (Å²) < 4.78 is 4.99. The Kier molecular flexibility index (Phi) is 3.24. The SMILES string of the molecule is Cc1noc(C)c1C(=O)NC1(C(=O)O)CCc2ccccc21. The molecule has 0 bridgehead atoms. The third kappa shape index (κ3) is 1.99. The van der Waals surface area contributed by atoms with Crippen molar-refractivity contribution in [1.29, 1.82) is 0 Å². The number of hydrogen-bond acceptors (Lipinski definition) is 4. The fourth-order valence-electron chi connectivity index (χ4n) is 3.08. The molecule has 1 aliphatic rings. The molecule has 1 heterocycles. The Morgan fingerprint density at radius 1 is 1.32 bits per heavy atom. The van der Waals surface area contributed by atoms with Crippen LogP contribution in [-0.4, -0.2) is 22.1 Å². The maximum absolute atomic E-state index is 12.5. The van der Waals surface area contributed by atoms with E-state index in [4.69, 9.17) is 4.52 Å². The molecule has 6 heteroatoms. The van der Waals surface area contributed by atoms with Gasteiger partial charge in [0.25, 0.3) is 5.91 Å². The van der Waals surface area contributed by atoms with Crippen LogP contribution in [0.1, 0.15) is 39.4 Å². The predicted octanol–water partition coefficient (Wildman–Crippen LogP) is 1.95. The van der Waals surface area contributed by atoms with Gasteiger partial charge in [0, 0.05) is 0 Å². The lowest BCUT2D eigenvalue weighted by Crippen LogP contribution is -2.50. The van der Waals surface area contributed by atoms with E-state index in [1.165, 1.54) is 0 Å². The third-order valence-electron chi connectivity index (χ3n) is 4.20.